The van der Waals surface area contributed by atoms with Gasteiger partial charge in [0, 0.05) is 18.4 Å². The van der Waals surface area contributed by atoms with Gasteiger partial charge in [-0.15, -0.1) is 5.06 Å². The van der Waals surface area contributed by atoms with Crippen LogP contribution in [-0.2, 0) is 19.2 Å². The Morgan fingerprint density at radius 3 is 1.96 bits per heavy atom. The number of nitrogens with one attached hydrogen (secondary N) is 2. The van der Waals surface area contributed by atoms with Crippen molar-refractivity contribution in [2.45, 2.75) is 39.2 Å². The third kappa shape index (κ3) is 5.53. The van der Waals surface area contributed by atoms with Crippen LogP contribution < -0.4 is 10.9 Å². The van der Waals surface area contributed by atoms with Crippen LogP contribution in [0.4, 0.5) is 4.79 Å². The minimum Gasteiger partial charge on any atom is -0.443 e. The van der Waals surface area contributed by atoms with Gasteiger partial charge < -0.3 is 9.57 Å². The molecule has 0 atom stereocenters. The van der Waals surface area contributed by atoms with Crippen LogP contribution in [0.3, 0.4) is 0 Å². The van der Waals surface area contributed by atoms with Crippen LogP contribution in [0, 0.1) is 0 Å². The number of imide groups is 1. The first-order chi connectivity index (χ1) is 12.6. The predicted octanol–water partition coefficient (Wildman–Crippen LogP) is 1.08. The van der Waals surface area contributed by atoms with E-state index in [0.717, 1.165) is 0 Å². The van der Waals surface area contributed by atoms with Crippen LogP contribution in [0.5, 0.6) is 0 Å². The Morgan fingerprint density at radius 2 is 1.44 bits per heavy atom. The number of ether oxygens (including phenoxy) is 1. The summed E-state index contributed by atoms with van der Waals surface area (Å²) in [5.74, 6) is -2.71. The molecular weight excluding hydrogens is 358 g/mol. The summed E-state index contributed by atoms with van der Waals surface area (Å²) < 4.78 is 4.97. The monoisotopic (exact) mass is 377 g/mol. The summed E-state index contributed by atoms with van der Waals surface area (Å²) in [6.45, 7) is 5.03. The number of hydrogen-bond acceptors (Lipinski definition) is 7. The van der Waals surface area contributed by atoms with Gasteiger partial charge in [0.25, 0.3) is 17.7 Å². The summed E-state index contributed by atoms with van der Waals surface area (Å²) in [5, 5.41) is 0.438. The fourth-order valence-electron chi connectivity index (χ4n) is 2.03. The van der Waals surface area contributed by atoms with Crippen LogP contribution in [0.1, 0.15) is 54.3 Å². The lowest BCUT2D eigenvalue weighted by atomic mass is 10.1. The van der Waals surface area contributed by atoms with Gasteiger partial charge in [-0.1, -0.05) is 0 Å². The molecule has 0 spiro atoms. The average Bonchev–Trinajstić information content (AvgIpc) is 2.90. The molecule has 0 aromatic heterocycles. The minimum atomic E-state index is -0.905. The molecule has 1 saturated heterocycles. The second-order valence-electron chi connectivity index (χ2n) is 6.62. The highest BCUT2D eigenvalue weighted by atomic mass is 16.7. The predicted molar refractivity (Wildman–Crippen MR) is 89.8 cm³/mol. The molecular formula is C17H19N3O7. The van der Waals surface area contributed by atoms with Crippen molar-refractivity contribution in [3.05, 3.63) is 35.4 Å². The Morgan fingerprint density at radius 1 is 0.926 bits per heavy atom. The first-order valence-electron chi connectivity index (χ1n) is 8.04. The van der Waals surface area contributed by atoms with Crippen molar-refractivity contribution in [1.82, 2.24) is 15.9 Å². The summed E-state index contributed by atoms with van der Waals surface area (Å²) in [4.78, 5) is 63.1. The highest BCUT2D eigenvalue weighted by molar-refractivity contribution is 6.03. The van der Waals surface area contributed by atoms with Crippen molar-refractivity contribution in [2.75, 3.05) is 0 Å². The summed E-state index contributed by atoms with van der Waals surface area (Å²) >= 11 is 0. The number of hydrogen-bond donors (Lipinski definition) is 2. The van der Waals surface area contributed by atoms with E-state index in [1.54, 1.807) is 20.8 Å². The Labute approximate surface area is 154 Å². The second kappa shape index (κ2) is 7.85. The van der Waals surface area contributed by atoms with Gasteiger partial charge in [-0.2, -0.15) is 0 Å². The molecule has 10 nitrogen and oxygen atoms in total. The van der Waals surface area contributed by atoms with Gasteiger partial charge >= 0.3 is 12.1 Å². The van der Waals surface area contributed by atoms with Crippen LogP contribution in [0.15, 0.2) is 24.3 Å². The molecule has 4 amide bonds. The lowest BCUT2D eigenvalue weighted by Gasteiger charge is -2.19. The zero-order chi connectivity index (χ0) is 20.2. The van der Waals surface area contributed by atoms with Gasteiger partial charge in [-0.05, 0) is 45.0 Å². The number of rotatable bonds is 3. The molecule has 0 radical (unpaired) electrons. The highest BCUT2D eigenvalue weighted by Gasteiger charge is 2.33. The van der Waals surface area contributed by atoms with Gasteiger partial charge in [-0.25, -0.2) is 15.0 Å². The van der Waals surface area contributed by atoms with Crippen molar-refractivity contribution in [1.29, 1.82) is 0 Å². The fourth-order valence-corrected chi connectivity index (χ4v) is 2.03. The van der Waals surface area contributed by atoms with Crippen LogP contribution in [0.25, 0.3) is 0 Å². The normalized spacial score (nSPS) is 14.0. The largest absolute Gasteiger partial charge is 0.443 e. The molecule has 0 saturated carbocycles. The lowest BCUT2D eigenvalue weighted by molar-refractivity contribution is -0.172. The molecule has 1 aliphatic heterocycles. The molecule has 0 bridgehead atoms. The Bertz CT molecular complexity index is 765. The van der Waals surface area contributed by atoms with E-state index in [4.69, 9.17) is 9.57 Å². The van der Waals surface area contributed by atoms with Gasteiger partial charge in [0.1, 0.15) is 5.60 Å². The Kier molecular flexibility index (Phi) is 5.78. The summed E-state index contributed by atoms with van der Waals surface area (Å²) in [5.41, 5.74) is 3.74. The average molecular weight is 377 g/mol. The van der Waals surface area contributed by atoms with Crippen molar-refractivity contribution in [2.24, 2.45) is 0 Å². The highest BCUT2D eigenvalue weighted by Crippen LogP contribution is 2.14. The number of amides is 4. The van der Waals surface area contributed by atoms with Gasteiger partial charge in [0.2, 0.25) is 0 Å². The first kappa shape index (κ1) is 19.9. The van der Waals surface area contributed by atoms with E-state index in [9.17, 15) is 24.0 Å². The Balaban J connectivity index is 1.91. The number of hydroxylamine groups is 2. The molecule has 1 heterocycles. The van der Waals surface area contributed by atoms with Crippen LogP contribution >= 0.6 is 0 Å². The maximum atomic E-state index is 12.0. The van der Waals surface area contributed by atoms with Crippen molar-refractivity contribution in [3.63, 3.8) is 0 Å². The summed E-state index contributed by atoms with van der Waals surface area (Å²) in [7, 11) is 0. The number of carbonyl (C=O) groups is 5. The molecule has 144 valence electrons. The maximum absolute atomic E-state index is 12.0. The van der Waals surface area contributed by atoms with Crippen molar-refractivity contribution in [3.8, 4) is 0 Å². The van der Waals surface area contributed by atoms with E-state index in [2.05, 4.69) is 10.9 Å². The van der Waals surface area contributed by atoms with E-state index < -0.39 is 35.4 Å². The third-order valence-electron chi connectivity index (χ3n) is 3.24. The molecule has 1 aromatic carbocycles. The molecule has 0 unspecified atom stereocenters. The number of hydrazine groups is 1. The molecule has 2 rings (SSSR count). The third-order valence-corrected chi connectivity index (χ3v) is 3.24. The topological polar surface area (TPSA) is 131 Å². The number of nitrogens with zero attached hydrogens (tertiary/aromatic N) is 1. The quantitative estimate of drug-likeness (QED) is 0.595. The second-order valence-corrected chi connectivity index (χ2v) is 6.62. The van der Waals surface area contributed by atoms with E-state index in [-0.39, 0.29) is 24.0 Å². The van der Waals surface area contributed by atoms with E-state index in [1.807, 2.05) is 0 Å². The van der Waals surface area contributed by atoms with Gasteiger partial charge in [0.15, 0.2) is 0 Å². The molecule has 2 N–H and O–H groups in total. The standard InChI is InChI=1S/C17H19N3O7/c1-17(2,3)26-16(25)19-18-14(23)10-4-6-11(7-5-10)15(24)27-20-12(21)8-9-13(20)22/h4-7H,8-9H2,1-3H3,(H,18,23)(H,19,25). The maximum Gasteiger partial charge on any atom is 0.426 e. The molecule has 1 aromatic rings. The minimum absolute atomic E-state index is 0.00410. The van der Waals surface area contributed by atoms with Gasteiger partial charge in [0.05, 0.1) is 5.56 Å². The number of benzene rings is 1. The lowest BCUT2D eigenvalue weighted by Crippen LogP contribution is -2.44. The molecule has 1 fully saturated rings. The van der Waals surface area contributed by atoms with Crippen LogP contribution in [0.2, 0.25) is 0 Å². The fraction of sp³-hybridized carbons (Fsp3) is 0.353. The van der Waals surface area contributed by atoms with Gasteiger partial charge in [-0.3, -0.25) is 19.8 Å². The first-order valence-corrected chi connectivity index (χ1v) is 8.04. The molecule has 27 heavy (non-hydrogen) atoms. The zero-order valence-corrected chi connectivity index (χ0v) is 15.0. The van der Waals surface area contributed by atoms with E-state index in [1.165, 1.54) is 24.3 Å². The zero-order valence-electron chi connectivity index (χ0n) is 15.0. The van der Waals surface area contributed by atoms with Crippen molar-refractivity contribution >= 4 is 29.8 Å². The molecule has 10 heteroatoms. The molecule has 0 aliphatic carbocycles. The Hall–Kier alpha value is -3.43. The molecule has 1 aliphatic rings. The SMILES string of the molecule is CC(C)(C)OC(=O)NNC(=O)c1ccc(C(=O)ON2C(=O)CCC2=O)cc1. The summed E-state index contributed by atoms with van der Waals surface area (Å²) in [6.07, 6.45) is -0.831. The van der Waals surface area contributed by atoms with E-state index >= 15 is 0 Å². The smallest absolute Gasteiger partial charge is 0.426 e. The summed E-state index contributed by atoms with van der Waals surface area (Å²) in [6, 6.07) is 5.21. The number of carbonyl (C=O) groups excluding carboxylic acids is 5. The van der Waals surface area contributed by atoms with Crippen LogP contribution in [-0.4, -0.2) is 40.4 Å². The van der Waals surface area contributed by atoms with Crippen molar-refractivity contribution < 1.29 is 33.5 Å². The van der Waals surface area contributed by atoms with E-state index in [0.29, 0.717) is 5.06 Å².